The highest BCUT2D eigenvalue weighted by molar-refractivity contribution is 7.09. The van der Waals surface area contributed by atoms with Crippen LogP contribution < -0.4 is 0 Å². The second kappa shape index (κ2) is 30.1. The summed E-state index contributed by atoms with van der Waals surface area (Å²) in [6.45, 7) is 21.6. The number of hydrogen-bond acceptors (Lipinski definition) is 6. The van der Waals surface area contributed by atoms with E-state index in [1.54, 1.807) is 28.9 Å². The Morgan fingerprint density at radius 3 is 1.34 bits per heavy atom. The maximum atomic E-state index is 4.18. The first-order valence-corrected chi connectivity index (χ1v) is 17.0. The van der Waals surface area contributed by atoms with E-state index in [2.05, 4.69) is 125 Å². The number of benzene rings is 1. The van der Waals surface area contributed by atoms with Crippen LogP contribution in [0.1, 0.15) is 156 Å². The molecule has 0 N–H and O–H groups in total. The van der Waals surface area contributed by atoms with Gasteiger partial charge in [-0.2, -0.15) is 0 Å². The summed E-state index contributed by atoms with van der Waals surface area (Å²) in [4.78, 5) is 16.5. The molecule has 0 saturated heterocycles. The van der Waals surface area contributed by atoms with E-state index < -0.39 is 0 Å². The molecule has 6 heteroatoms. The van der Waals surface area contributed by atoms with E-state index in [9.17, 15) is 0 Å². The Hall–Kier alpha value is -3.22. The van der Waals surface area contributed by atoms with E-state index in [-0.39, 0.29) is 29.7 Å². The van der Waals surface area contributed by atoms with Crippen molar-refractivity contribution in [2.45, 2.75) is 129 Å². The summed E-state index contributed by atoms with van der Waals surface area (Å²) in [6, 6.07) is 20.6. The molecule has 4 aromatic heterocycles. The lowest BCUT2D eigenvalue weighted by atomic mass is 10.0. The van der Waals surface area contributed by atoms with Crippen LogP contribution in [0.25, 0.3) is 0 Å². The highest BCUT2D eigenvalue weighted by Crippen LogP contribution is 2.15. The Balaban J connectivity index is -0.000000241. The van der Waals surface area contributed by atoms with Crippen LogP contribution in [0.5, 0.6) is 0 Å². The third kappa shape index (κ3) is 23.7. The predicted octanol–water partition coefficient (Wildman–Crippen LogP) is 14.3. The lowest BCUT2D eigenvalue weighted by Gasteiger charge is -2.01. The fraction of sp³-hybridized carbons (Fsp3) is 0.463. The van der Waals surface area contributed by atoms with Gasteiger partial charge in [0, 0.05) is 47.2 Å². The Morgan fingerprint density at radius 1 is 0.489 bits per heavy atom. The number of rotatable bonds is 5. The van der Waals surface area contributed by atoms with Gasteiger partial charge < -0.3 is 0 Å². The number of hydrogen-bond donors (Lipinski definition) is 0. The number of thiazole rings is 2. The van der Waals surface area contributed by atoms with E-state index in [0.29, 0.717) is 29.6 Å². The molecule has 0 unspecified atom stereocenters. The summed E-state index contributed by atoms with van der Waals surface area (Å²) >= 11 is 3.38. The molecule has 0 spiro atoms. The van der Waals surface area contributed by atoms with Crippen LogP contribution in [0.4, 0.5) is 0 Å². The van der Waals surface area contributed by atoms with Gasteiger partial charge in [-0.3, -0.25) is 9.97 Å². The normalized spacial score (nSPS) is 9.34. The van der Waals surface area contributed by atoms with Gasteiger partial charge in [-0.05, 0) is 53.0 Å². The number of aromatic nitrogens is 4. The van der Waals surface area contributed by atoms with Crippen molar-refractivity contribution in [1.82, 2.24) is 19.9 Å². The van der Waals surface area contributed by atoms with Crippen molar-refractivity contribution in [2.24, 2.45) is 0 Å². The average molecular weight is 681 g/mol. The topological polar surface area (TPSA) is 51.6 Å². The van der Waals surface area contributed by atoms with Crippen molar-refractivity contribution in [2.75, 3.05) is 0 Å². The molecular weight excluding hydrogens is 613 g/mol. The second-order valence-electron chi connectivity index (χ2n) is 11.5. The molecule has 0 saturated carbocycles. The Morgan fingerprint density at radius 2 is 1.06 bits per heavy atom. The van der Waals surface area contributed by atoms with Crippen molar-refractivity contribution in [1.29, 1.82) is 0 Å². The van der Waals surface area contributed by atoms with Gasteiger partial charge >= 0.3 is 0 Å². The molecule has 0 amide bonds. The molecule has 0 bridgehead atoms. The molecule has 47 heavy (non-hydrogen) atoms. The molecule has 0 atom stereocenters. The minimum absolute atomic E-state index is 0. The SMILES string of the molecule is C.C.C.C.CC(C)c1ccccc1.CC(C)c1ccccn1.CC(C)c1cccnc1.CC(C)c1cscn1.CC(C)c1nccs1. The Bertz CT molecular complexity index is 1130. The van der Waals surface area contributed by atoms with Crippen LogP contribution in [0.3, 0.4) is 0 Å². The van der Waals surface area contributed by atoms with Crippen molar-refractivity contribution in [3.05, 3.63) is 129 Å². The fourth-order valence-corrected chi connectivity index (χ4v) is 4.67. The van der Waals surface area contributed by atoms with Crippen LogP contribution >= 0.6 is 22.7 Å². The quantitative estimate of drug-likeness (QED) is 0.185. The van der Waals surface area contributed by atoms with Gasteiger partial charge in [0.15, 0.2) is 0 Å². The van der Waals surface area contributed by atoms with Gasteiger partial charge in [-0.1, -0.05) is 141 Å². The van der Waals surface area contributed by atoms with Crippen LogP contribution in [-0.2, 0) is 0 Å². The zero-order valence-electron chi connectivity index (χ0n) is 27.8. The molecule has 264 valence electrons. The smallest absolute Gasteiger partial charge is 0.0950 e. The third-order valence-electron chi connectivity index (χ3n) is 6.08. The molecule has 5 aromatic rings. The van der Waals surface area contributed by atoms with Gasteiger partial charge in [0.1, 0.15) is 0 Å². The first-order valence-electron chi connectivity index (χ1n) is 15.2. The van der Waals surface area contributed by atoms with Crippen molar-refractivity contribution in [3.63, 3.8) is 0 Å². The van der Waals surface area contributed by atoms with Crippen LogP contribution in [0.15, 0.2) is 102 Å². The minimum atomic E-state index is 0. The van der Waals surface area contributed by atoms with Crippen molar-refractivity contribution < 1.29 is 0 Å². The molecule has 0 radical (unpaired) electrons. The molecule has 0 aliphatic heterocycles. The van der Waals surface area contributed by atoms with Gasteiger partial charge in [0.05, 0.1) is 16.2 Å². The van der Waals surface area contributed by atoms with Gasteiger partial charge in [-0.25, -0.2) is 9.97 Å². The van der Waals surface area contributed by atoms with E-state index in [1.807, 2.05) is 59.8 Å². The summed E-state index contributed by atoms with van der Waals surface area (Å²) in [5.74, 6) is 2.98. The Labute approximate surface area is 299 Å². The zero-order valence-corrected chi connectivity index (χ0v) is 29.4. The second-order valence-corrected chi connectivity index (χ2v) is 13.2. The van der Waals surface area contributed by atoms with E-state index >= 15 is 0 Å². The molecule has 4 heterocycles. The third-order valence-corrected chi connectivity index (χ3v) is 7.77. The lowest BCUT2D eigenvalue weighted by Crippen LogP contribution is -1.88. The van der Waals surface area contributed by atoms with Crippen molar-refractivity contribution >= 4 is 22.7 Å². The minimum Gasteiger partial charge on any atom is -0.264 e. The summed E-state index contributed by atoms with van der Waals surface area (Å²) in [5.41, 5.74) is 6.96. The van der Waals surface area contributed by atoms with Gasteiger partial charge in [-0.15, -0.1) is 22.7 Å². The number of nitrogens with zero attached hydrogens (tertiary/aromatic N) is 4. The van der Waals surface area contributed by atoms with E-state index in [4.69, 9.17) is 0 Å². The first-order chi connectivity index (χ1) is 20.5. The molecule has 1 aromatic carbocycles. The van der Waals surface area contributed by atoms with Crippen LogP contribution in [0.2, 0.25) is 0 Å². The Kier molecular flexibility index (Phi) is 32.5. The summed E-state index contributed by atoms with van der Waals surface area (Å²) in [7, 11) is 0. The first kappa shape index (κ1) is 50.6. The van der Waals surface area contributed by atoms with E-state index in [1.165, 1.54) is 21.8 Å². The standard InChI is InChI=1S/C9H12.2C8H11N.2C6H9NS.4CH4/c1-8(2)9-6-4-3-5-7-9;1-7(2)8-4-3-5-9-6-8;1-7(2)8-5-3-4-6-9-8;1-5(2)6-3-8-4-7-6;1-5(2)6-7-3-4-8-6;;;;/h3-8H,1-2H3;2*3-7H,1-2H3;2*3-5H,1-2H3;4*1H4. The molecule has 4 nitrogen and oxygen atoms in total. The maximum Gasteiger partial charge on any atom is 0.0950 e. The predicted molar refractivity (Wildman–Crippen MR) is 217 cm³/mol. The van der Waals surface area contributed by atoms with Gasteiger partial charge in [0.2, 0.25) is 0 Å². The number of pyridine rings is 2. The summed E-state index contributed by atoms with van der Waals surface area (Å²) < 4.78 is 0. The van der Waals surface area contributed by atoms with Crippen LogP contribution in [-0.4, -0.2) is 19.9 Å². The molecular formula is C41H68N4S2. The molecule has 0 fully saturated rings. The van der Waals surface area contributed by atoms with E-state index in [0.717, 1.165) is 5.69 Å². The molecule has 0 aliphatic rings. The molecule has 0 aliphatic carbocycles. The highest BCUT2D eigenvalue weighted by Gasteiger charge is 1.99. The van der Waals surface area contributed by atoms with Crippen molar-refractivity contribution in [3.8, 4) is 0 Å². The highest BCUT2D eigenvalue weighted by atomic mass is 32.1. The lowest BCUT2D eigenvalue weighted by molar-refractivity contribution is 0.823. The van der Waals surface area contributed by atoms with Crippen LogP contribution in [0, 0.1) is 0 Å². The average Bonchev–Trinajstić information content (AvgIpc) is 3.76. The summed E-state index contributed by atoms with van der Waals surface area (Å²) in [6.07, 6.45) is 7.38. The van der Waals surface area contributed by atoms with Gasteiger partial charge in [0.25, 0.3) is 0 Å². The molecule has 5 rings (SSSR count). The fourth-order valence-electron chi connectivity index (χ4n) is 3.30. The maximum absolute atomic E-state index is 4.18. The largest absolute Gasteiger partial charge is 0.264 e. The zero-order chi connectivity index (χ0) is 32.0. The summed E-state index contributed by atoms with van der Waals surface area (Å²) in [5, 5.41) is 5.32. The monoisotopic (exact) mass is 680 g/mol.